The maximum atomic E-state index is 9.92. The first kappa shape index (κ1) is 11.5. The molecule has 2 heterocycles. The third-order valence-corrected chi connectivity index (χ3v) is 3.03. The number of aromatic nitrogens is 2. The highest BCUT2D eigenvalue weighted by molar-refractivity contribution is 5.28. The van der Waals surface area contributed by atoms with Crippen LogP contribution >= 0.6 is 0 Å². The molecule has 1 aromatic heterocycles. The van der Waals surface area contributed by atoms with Crippen molar-refractivity contribution in [2.24, 2.45) is 0 Å². The van der Waals surface area contributed by atoms with Crippen LogP contribution in [0.4, 0.5) is 0 Å². The van der Waals surface area contributed by atoms with E-state index >= 15 is 0 Å². The number of rotatable bonds is 1. The molecule has 0 spiro atoms. The monoisotopic (exact) mass is 224 g/mol. The molecule has 0 bridgehead atoms. The van der Waals surface area contributed by atoms with Gasteiger partial charge in [0.25, 0.3) is 0 Å². The van der Waals surface area contributed by atoms with Gasteiger partial charge in [0.15, 0.2) is 5.75 Å². The van der Waals surface area contributed by atoms with Crippen LogP contribution in [0.5, 0.6) is 5.75 Å². The smallest absolute Gasteiger partial charge is 0.157 e. The predicted octanol–water partition coefficient (Wildman–Crippen LogP) is 2.24. The molecule has 1 aromatic rings. The summed E-state index contributed by atoms with van der Waals surface area (Å²) in [5, 5.41) is 14.2. The van der Waals surface area contributed by atoms with E-state index in [0.717, 1.165) is 31.7 Å². The van der Waals surface area contributed by atoms with Gasteiger partial charge in [-0.1, -0.05) is 0 Å². The van der Waals surface area contributed by atoms with Crippen molar-refractivity contribution in [3.05, 3.63) is 11.9 Å². The van der Waals surface area contributed by atoms with Crippen molar-refractivity contribution in [3.8, 4) is 5.75 Å². The van der Waals surface area contributed by atoms with Gasteiger partial charge in [0.1, 0.15) is 0 Å². The van der Waals surface area contributed by atoms with E-state index in [1.54, 1.807) is 6.20 Å². The molecule has 4 nitrogen and oxygen atoms in total. The number of hydrogen-bond donors (Lipinski definition) is 1. The van der Waals surface area contributed by atoms with Crippen LogP contribution in [0.3, 0.4) is 0 Å². The summed E-state index contributed by atoms with van der Waals surface area (Å²) in [6.45, 7) is 7.85. The second kappa shape index (κ2) is 4.09. The van der Waals surface area contributed by atoms with Gasteiger partial charge in [-0.3, -0.25) is 4.68 Å². The number of hydrogen-bond acceptors (Lipinski definition) is 3. The summed E-state index contributed by atoms with van der Waals surface area (Å²) >= 11 is 0. The zero-order chi connectivity index (χ0) is 11.8. The van der Waals surface area contributed by atoms with E-state index in [0.29, 0.717) is 11.7 Å². The molecular weight excluding hydrogens is 204 g/mol. The van der Waals surface area contributed by atoms with Gasteiger partial charge in [0.2, 0.25) is 0 Å². The summed E-state index contributed by atoms with van der Waals surface area (Å²) < 4.78 is 7.29. The predicted molar refractivity (Wildman–Crippen MR) is 61.7 cm³/mol. The van der Waals surface area contributed by atoms with Crippen LogP contribution in [0.1, 0.15) is 45.2 Å². The van der Waals surface area contributed by atoms with E-state index in [9.17, 15) is 5.11 Å². The zero-order valence-corrected chi connectivity index (χ0v) is 10.2. The van der Waals surface area contributed by atoms with Crippen LogP contribution in [0.2, 0.25) is 0 Å². The van der Waals surface area contributed by atoms with Crippen molar-refractivity contribution in [1.82, 2.24) is 9.78 Å². The Kier molecular flexibility index (Phi) is 2.93. The normalized spacial score (nSPS) is 18.9. The van der Waals surface area contributed by atoms with Gasteiger partial charge in [-0.2, -0.15) is 5.10 Å². The average Bonchev–Trinajstić information content (AvgIpc) is 2.61. The van der Waals surface area contributed by atoms with Gasteiger partial charge in [-0.05, 0) is 33.6 Å². The summed E-state index contributed by atoms with van der Waals surface area (Å²) in [6, 6.07) is 0. The molecule has 1 aliphatic rings. The Hall–Kier alpha value is -1.03. The third kappa shape index (κ3) is 2.07. The molecule has 1 N–H and O–H groups in total. The number of aromatic hydroxyl groups is 1. The molecule has 0 aliphatic carbocycles. The molecule has 4 heteroatoms. The molecule has 0 atom stereocenters. The van der Waals surface area contributed by atoms with Gasteiger partial charge in [-0.25, -0.2) is 0 Å². The number of nitrogens with zero attached hydrogens (tertiary/aromatic N) is 2. The van der Waals surface area contributed by atoms with Crippen LogP contribution in [0.25, 0.3) is 0 Å². The highest BCUT2D eigenvalue weighted by Crippen LogP contribution is 2.35. The van der Waals surface area contributed by atoms with Crippen molar-refractivity contribution in [3.63, 3.8) is 0 Å². The fraction of sp³-hybridized carbons (Fsp3) is 0.750. The van der Waals surface area contributed by atoms with Gasteiger partial charge < -0.3 is 9.84 Å². The summed E-state index contributed by atoms with van der Waals surface area (Å²) in [7, 11) is 0. The van der Waals surface area contributed by atoms with Gasteiger partial charge in [0, 0.05) is 19.1 Å². The highest BCUT2D eigenvalue weighted by atomic mass is 16.5. The minimum atomic E-state index is -0.0887. The first-order valence-corrected chi connectivity index (χ1v) is 5.85. The molecule has 0 unspecified atom stereocenters. The molecule has 1 fully saturated rings. The molecule has 0 saturated carbocycles. The lowest BCUT2D eigenvalue weighted by Gasteiger charge is -2.28. The Bertz CT molecular complexity index is 360. The fourth-order valence-electron chi connectivity index (χ4n) is 2.24. The topological polar surface area (TPSA) is 47.3 Å². The molecular formula is C12H20N2O2. The molecule has 1 aliphatic heterocycles. The van der Waals surface area contributed by atoms with E-state index in [2.05, 4.69) is 25.9 Å². The molecule has 16 heavy (non-hydrogen) atoms. The van der Waals surface area contributed by atoms with E-state index in [-0.39, 0.29) is 5.54 Å². The van der Waals surface area contributed by atoms with E-state index in [1.165, 1.54) is 0 Å². The molecule has 0 amide bonds. The zero-order valence-electron chi connectivity index (χ0n) is 10.2. The lowest BCUT2D eigenvalue weighted by molar-refractivity contribution is 0.0817. The molecule has 2 rings (SSSR count). The van der Waals surface area contributed by atoms with Crippen molar-refractivity contribution in [2.75, 3.05) is 13.2 Å². The van der Waals surface area contributed by atoms with Crippen LogP contribution in [0.15, 0.2) is 6.20 Å². The van der Waals surface area contributed by atoms with E-state index in [1.807, 2.05) is 4.68 Å². The SMILES string of the molecule is CC(C)(C)n1ncc(O)c1C1CCOCC1. The van der Waals surface area contributed by atoms with E-state index < -0.39 is 0 Å². The number of ether oxygens (including phenoxy) is 1. The van der Waals surface area contributed by atoms with Crippen molar-refractivity contribution in [1.29, 1.82) is 0 Å². The highest BCUT2D eigenvalue weighted by Gasteiger charge is 2.28. The van der Waals surface area contributed by atoms with Crippen LogP contribution in [0, 0.1) is 0 Å². The molecule has 0 radical (unpaired) electrons. The summed E-state index contributed by atoms with van der Waals surface area (Å²) in [6.07, 6.45) is 3.49. The lowest BCUT2D eigenvalue weighted by atomic mass is 9.94. The van der Waals surface area contributed by atoms with Crippen LogP contribution in [-0.2, 0) is 10.3 Å². The van der Waals surface area contributed by atoms with Crippen LogP contribution < -0.4 is 0 Å². The Labute approximate surface area is 96.2 Å². The summed E-state index contributed by atoms with van der Waals surface area (Å²) in [5.74, 6) is 0.692. The van der Waals surface area contributed by atoms with Gasteiger partial charge in [0.05, 0.1) is 17.4 Å². The Morgan fingerprint density at radius 2 is 2.00 bits per heavy atom. The van der Waals surface area contributed by atoms with Crippen molar-refractivity contribution in [2.45, 2.75) is 45.1 Å². The molecule has 0 aromatic carbocycles. The van der Waals surface area contributed by atoms with Gasteiger partial charge >= 0.3 is 0 Å². The fourth-order valence-corrected chi connectivity index (χ4v) is 2.24. The molecule has 90 valence electrons. The Balaban J connectivity index is 2.34. The Morgan fingerprint density at radius 3 is 2.56 bits per heavy atom. The standard InChI is InChI=1S/C12H20N2O2/c1-12(2,3)14-11(10(15)8-13-14)9-4-6-16-7-5-9/h8-9,15H,4-7H2,1-3H3. The first-order valence-electron chi connectivity index (χ1n) is 5.85. The first-order chi connectivity index (χ1) is 7.50. The largest absolute Gasteiger partial charge is 0.504 e. The summed E-state index contributed by atoms with van der Waals surface area (Å²) in [5.41, 5.74) is 0.880. The maximum Gasteiger partial charge on any atom is 0.157 e. The van der Waals surface area contributed by atoms with E-state index in [4.69, 9.17) is 4.74 Å². The Morgan fingerprint density at radius 1 is 1.38 bits per heavy atom. The average molecular weight is 224 g/mol. The van der Waals surface area contributed by atoms with Crippen LogP contribution in [-0.4, -0.2) is 28.1 Å². The van der Waals surface area contributed by atoms with Crippen molar-refractivity contribution >= 4 is 0 Å². The minimum absolute atomic E-state index is 0.0887. The second-order valence-electron chi connectivity index (χ2n) is 5.38. The summed E-state index contributed by atoms with van der Waals surface area (Å²) in [4.78, 5) is 0. The second-order valence-corrected chi connectivity index (χ2v) is 5.38. The van der Waals surface area contributed by atoms with Crippen molar-refractivity contribution < 1.29 is 9.84 Å². The third-order valence-electron chi connectivity index (χ3n) is 3.03. The minimum Gasteiger partial charge on any atom is -0.504 e. The lowest BCUT2D eigenvalue weighted by Crippen LogP contribution is -2.28. The quantitative estimate of drug-likeness (QED) is 0.795. The molecule has 1 saturated heterocycles. The maximum absolute atomic E-state index is 9.92. The van der Waals surface area contributed by atoms with Gasteiger partial charge in [-0.15, -0.1) is 0 Å².